The summed E-state index contributed by atoms with van der Waals surface area (Å²) in [5.41, 5.74) is 4.49. The lowest BCUT2D eigenvalue weighted by Gasteiger charge is -2.10. The molecule has 140 valence electrons. The van der Waals surface area contributed by atoms with E-state index in [9.17, 15) is 8.42 Å². The summed E-state index contributed by atoms with van der Waals surface area (Å²) in [5, 5.41) is 5.85. The quantitative estimate of drug-likeness (QED) is 0.509. The van der Waals surface area contributed by atoms with Crippen LogP contribution in [0.15, 0.2) is 96.0 Å². The number of benzene rings is 3. The zero-order valence-electron chi connectivity index (χ0n) is 14.8. The maximum Gasteiger partial charge on any atom is 0.238 e. The Morgan fingerprint density at radius 1 is 0.750 bits per heavy atom. The van der Waals surface area contributed by atoms with Gasteiger partial charge < -0.3 is 4.57 Å². The zero-order valence-corrected chi connectivity index (χ0v) is 16.4. The van der Waals surface area contributed by atoms with Crippen LogP contribution in [0.3, 0.4) is 0 Å². The van der Waals surface area contributed by atoms with E-state index in [0.29, 0.717) is 5.02 Å². The molecule has 0 amide bonds. The second-order valence-corrected chi connectivity index (χ2v) is 8.29. The highest BCUT2D eigenvalue weighted by Gasteiger charge is 2.18. The molecule has 0 radical (unpaired) electrons. The fourth-order valence-corrected chi connectivity index (χ4v) is 4.04. The molecule has 2 N–H and O–H groups in total. The van der Waals surface area contributed by atoms with Crippen LogP contribution in [0, 0.1) is 0 Å². The van der Waals surface area contributed by atoms with Crippen LogP contribution in [-0.2, 0) is 10.0 Å². The number of nitrogens with two attached hydrogens (primary N) is 1. The van der Waals surface area contributed by atoms with Crippen molar-refractivity contribution in [3.05, 3.63) is 96.1 Å². The van der Waals surface area contributed by atoms with E-state index in [1.165, 1.54) is 12.1 Å². The Hall–Kier alpha value is -2.86. The number of hydrogen-bond acceptors (Lipinski definition) is 2. The van der Waals surface area contributed by atoms with E-state index in [-0.39, 0.29) is 4.90 Å². The Labute approximate surface area is 168 Å². The molecular formula is C22H17ClN2O2S. The maximum atomic E-state index is 11.6. The van der Waals surface area contributed by atoms with Crippen molar-refractivity contribution >= 4 is 21.6 Å². The van der Waals surface area contributed by atoms with Crippen molar-refractivity contribution in [3.8, 4) is 28.1 Å². The molecule has 4 rings (SSSR count). The van der Waals surface area contributed by atoms with E-state index in [4.69, 9.17) is 16.7 Å². The summed E-state index contributed by atoms with van der Waals surface area (Å²) in [6, 6.07) is 26.2. The van der Waals surface area contributed by atoms with Crippen molar-refractivity contribution in [2.75, 3.05) is 0 Å². The standard InChI is InChI=1S/C22H17ClN2O2S/c23-21-20(16-7-3-1-4-8-16)15-25(22(21)17-9-5-2-6-10-17)18-11-13-19(14-12-18)28(24,26)27/h1-15H,(H2,24,26,27). The predicted molar refractivity (Wildman–Crippen MR) is 113 cm³/mol. The van der Waals surface area contributed by atoms with Crippen molar-refractivity contribution < 1.29 is 8.42 Å². The Kier molecular flexibility index (Phi) is 4.81. The van der Waals surface area contributed by atoms with Crippen LogP contribution in [-0.4, -0.2) is 13.0 Å². The number of halogens is 1. The van der Waals surface area contributed by atoms with Gasteiger partial charge in [-0.1, -0.05) is 72.3 Å². The van der Waals surface area contributed by atoms with Gasteiger partial charge in [0.2, 0.25) is 10.0 Å². The Morgan fingerprint density at radius 3 is 1.82 bits per heavy atom. The second-order valence-electron chi connectivity index (χ2n) is 6.35. The van der Waals surface area contributed by atoms with Gasteiger partial charge in [0, 0.05) is 23.0 Å². The Balaban J connectivity index is 1.93. The zero-order chi connectivity index (χ0) is 19.7. The fourth-order valence-electron chi connectivity index (χ4n) is 3.16. The van der Waals surface area contributed by atoms with Gasteiger partial charge in [-0.3, -0.25) is 0 Å². The largest absolute Gasteiger partial charge is 0.314 e. The first kappa shape index (κ1) is 18.5. The minimum atomic E-state index is -3.75. The molecule has 28 heavy (non-hydrogen) atoms. The average molecular weight is 409 g/mol. The van der Waals surface area contributed by atoms with Crippen LogP contribution in [0.5, 0.6) is 0 Å². The van der Waals surface area contributed by atoms with Crippen LogP contribution in [0.1, 0.15) is 0 Å². The minimum absolute atomic E-state index is 0.0686. The van der Waals surface area contributed by atoms with Crippen molar-refractivity contribution in [1.29, 1.82) is 0 Å². The lowest BCUT2D eigenvalue weighted by Crippen LogP contribution is -2.12. The van der Waals surface area contributed by atoms with Gasteiger partial charge >= 0.3 is 0 Å². The molecule has 0 aliphatic carbocycles. The Bertz CT molecular complexity index is 1220. The number of rotatable bonds is 4. The predicted octanol–water partition coefficient (Wildman–Crippen LogP) is 5.11. The highest BCUT2D eigenvalue weighted by atomic mass is 35.5. The van der Waals surface area contributed by atoms with Crippen LogP contribution in [0.25, 0.3) is 28.1 Å². The van der Waals surface area contributed by atoms with Crippen molar-refractivity contribution in [2.45, 2.75) is 4.90 Å². The van der Waals surface area contributed by atoms with Gasteiger partial charge in [-0.15, -0.1) is 0 Å². The number of aromatic nitrogens is 1. The molecule has 0 aliphatic rings. The number of nitrogens with zero attached hydrogens (tertiary/aromatic N) is 1. The topological polar surface area (TPSA) is 65.1 Å². The molecule has 0 unspecified atom stereocenters. The minimum Gasteiger partial charge on any atom is -0.314 e. The normalized spacial score (nSPS) is 11.5. The number of primary sulfonamides is 1. The van der Waals surface area contributed by atoms with Crippen LogP contribution in [0.4, 0.5) is 0 Å². The van der Waals surface area contributed by atoms with E-state index >= 15 is 0 Å². The summed E-state index contributed by atoms with van der Waals surface area (Å²) >= 11 is 6.82. The van der Waals surface area contributed by atoms with Gasteiger partial charge in [-0.25, -0.2) is 13.6 Å². The van der Waals surface area contributed by atoms with E-state index in [1.807, 2.05) is 71.4 Å². The number of hydrogen-bond donors (Lipinski definition) is 1. The summed E-state index contributed by atoms with van der Waals surface area (Å²) in [4.78, 5) is 0.0686. The van der Waals surface area contributed by atoms with Gasteiger partial charge in [0.15, 0.2) is 0 Å². The van der Waals surface area contributed by atoms with E-state index in [1.54, 1.807) is 12.1 Å². The third kappa shape index (κ3) is 3.47. The Morgan fingerprint density at radius 2 is 1.29 bits per heavy atom. The van der Waals surface area contributed by atoms with Gasteiger partial charge in [-0.05, 0) is 29.8 Å². The lowest BCUT2D eigenvalue weighted by atomic mass is 10.1. The summed E-state index contributed by atoms with van der Waals surface area (Å²) in [6.07, 6.45) is 1.96. The van der Waals surface area contributed by atoms with Gasteiger partial charge in [0.25, 0.3) is 0 Å². The molecule has 4 aromatic rings. The van der Waals surface area contributed by atoms with Crippen LogP contribution >= 0.6 is 11.6 Å². The van der Waals surface area contributed by atoms with Gasteiger partial charge in [0.05, 0.1) is 15.6 Å². The van der Waals surface area contributed by atoms with Gasteiger partial charge in [-0.2, -0.15) is 0 Å². The summed E-state index contributed by atoms with van der Waals surface area (Å²) in [7, 11) is -3.75. The highest BCUT2D eigenvalue weighted by Crippen LogP contribution is 2.40. The molecule has 0 saturated heterocycles. The van der Waals surface area contributed by atoms with Crippen LogP contribution in [0.2, 0.25) is 5.02 Å². The molecule has 4 nitrogen and oxygen atoms in total. The smallest absolute Gasteiger partial charge is 0.238 e. The monoisotopic (exact) mass is 408 g/mol. The fraction of sp³-hybridized carbons (Fsp3) is 0. The van der Waals surface area contributed by atoms with Crippen LogP contribution < -0.4 is 5.14 Å². The summed E-state index contributed by atoms with van der Waals surface area (Å²) in [6.45, 7) is 0. The molecule has 1 aromatic heterocycles. The lowest BCUT2D eigenvalue weighted by molar-refractivity contribution is 0.598. The summed E-state index contributed by atoms with van der Waals surface area (Å²) in [5.74, 6) is 0. The number of sulfonamides is 1. The third-order valence-electron chi connectivity index (χ3n) is 4.52. The second kappa shape index (κ2) is 7.28. The molecular weight excluding hydrogens is 392 g/mol. The molecule has 0 bridgehead atoms. The van der Waals surface area contributed by atoms with E-state index in [2.05, 4.69) is 0 Å². The first-order valence-corrected chi connectivity index (χ1v) is 10.5. The van der Waals surface area contributed by atoms with E-state index in [0.717, 1.165) is 28.1 Å². The molecule has 0 saturated carbocycles. The molecule has 0 atom stereocenters. The van der Waals surface area contributed by atoms with Crippen molar-refractivity contribution in [3.63, 3.8) is 0 Å². The van der Waals surface area contributed by atoms with Gasteiger partial charge in [0.1, 0.15) is 0 Å². The first-order valence-electron chi connectivity index (χ1n) is 8.60. The molecule has 0 fully saturated rings. The van der Waals surface area contributed by atoms with Crippen molar-refractivity contribution in [2.24, 2.45) is 5.14 Å². The van der Waals surface area contributed by atoms with E-state index < -0.39 is 10.0 Å². The molecule has 0 spiro atoms. The maximum absolute atomic E-state index is 11.6. The molecule has 1 heterocycles. The first-order chi connectivity index (χ1) is 13.4. The molecule has 3 aromatic carbocycles. The average Bonchev–Trinajstić information content (AvgIpc) is 3.06. The summed E-state index contributed by atoms with van der Waals surface area (Å²) < 4.78 is 25.1. The SMILES string of the molecule is NS(=O)(=O)c1ccc(-n2cc(-c3ccccc3)c(Cl)c2-c2ccccc2)cc1. The molecule has 0 aliphatic heterocycles. The third-order valence-corrected chi connectivity index (χ3v) is 5.83. The van der Waals surface area contributed by atoms with Crippen molar-refractivity contribution in [1.82, 2.24) is 4.57 Å². The molecule has 6 heteroatoms. The highest BCUT2D eigenvalue weighted by molar-refractivity contribution is 7.89.